The smallest absolute Gasteiger partial charge is 0.258 e. The van der Waals surface area contributed by atoms with Crippen LogP contribution in [0.2, 0.25) is 0 Å². The molecule has 1 rings (SSSR count). The van der Waals surface area contributed by atoms with E-state index in [2.05, 4.69) is 10.5 Å². The van der Waals surface area contributed by atoms with Gasteiger partial charge in [0.05, 0.1) is 6.04 Å². The highest BCUT2D eigenvalue weighted by atomic mass is 16.2. The zero-order valence-electron chi connectivity index (χ0n) is 8.24. The second-order valence-corrected chi connectivity index (χ2v) is 3.45. The van der Waals surface area contributed by atoms with E-state index in [9.17, 15) is 4.79 Å². The minimum atomic E-state index is -0.294. The number of hydrazone groups is 1. The number of rotatable bonds is 2. The summed E-state index contributed by atoms with van der Waals surface area (Å²) in [7, 11) is 0. The topological polar surface area (TPSA) is 70.7 Å². The van der Waals surface area contributed by atoms with E-state index in [1.54, 1.807) is 11.9 Å². The molecule has 0 aliphatic carbocycles. The SMILES string of the molecule is CC1=NN(C(C)C(=O)NN)C(C)C1. The Morgan fingerprint density at radius 3 is 2.85 bits per heavy atom. The zero-order chi connectivity index (χ0) is 10.0. The molecular weight excluding hydrogens is 168 g/mol. The molecule has 5 nitrogen and oxygen atoms in total. The van der Waals surface area contributed by atoms with Crippen molar-refractivity contribution in [2.24, 2.45) is 10.9 Å². The van der Waals surface area contributed by atoms with Gasteiger partial charge in [0.15, 0.2) is 0 Å². The minimum Gasteiger partial charge on any atom is -0.292 e. The zero-order valence-corrected chi connectivity index (χ0v) is 8.24. The lowest BCUT2D eigenvalue weighted by atomic mass is 10.1. The normalized spacial score (nSPS) is 24.2. The lowest BCUT2D eigenvalue weighted by Crippen LogP contribution is -2.46. The Balaban J connectivity index is 2.66. The monoisotopic (exact) mass is 184 g/mol. The fraction of sp³-hybridized carbons (Fsp3) is 0.750. The summed E-state index contributed by atoms with van der Waals surface area (Å²) in [5.74, 6) is 4.84. The number of hydrogen-bond acceptors (Lipinski definition) is 4. The highest BCUT2D eigenvalue weighted by molar-refractivity contribution is 5.85. The number of nitrogens with zero attached hydrogens (tertiary/aromatic N) is 2. The van der Waals surface area contributed by atoms with Crippen LogP contribution in [0.4, 0.5) is 0 Å². The highest BCUT2D eigenvalue weighted by Crippen LogP contribution is 2.17. The number of hydrazine groups is 1. The van der Waals surface area contributed by atoms with Crippen molar-refractivity contribution in [1.29, 1.82) is 0 Å². The van der Waals surface area contributed by atoms with Crippen LogP contribution in [0.15, 0.2) is 5.10 Å². The third-order valence-corrected chi connectivity index (χ3v) is 2.25. The molecule has 2 unspecified atom stereocenters. The van der Waals surface area contributed by atoms with Crippen LogP contribution in [0.25, 0.3) is 0 Å². The maximum atomic E-state index is 11.2. The summed E-state index contributed by atoms with van der Waals surface area (Å²) < 4.78 is 0. The number of carbonyl (C=O) groups excluding carboxylic acids is 1. The van der Waals surface area contributed by atoms with Crippen molar-refractivity contribution in [1.82, 2.24) is 10.4 Å². The van der Waals surface area contributed by atoms with Crippen molar-refractivity contribution in [2.75, 3.05) is 0 Å². The largest absolute Gasteiger partial charge is 0.292 e. The minimum absolute atomic E-state index is 0.203. The third kappa shape index (κ3) is 1.98. The first-order chi connectivity index (χ1) is 6.06. The van der Waals surface area contributed by atoms with Crippen LogP contribution < -0.4 is 11.3 Å². The van der Waals surface area contributed by atoms with Crippen LogP contribution in [-0.4, -0.2) is 28.7 Å². The standard InChI is InChI=1S/C8H16N4O/c1-5-4-6(2)12(11-5)7(3)8(13)10-9/h6-7H,4,9H2,1-3H3,(H,10,13). The molecule has 0 bridgehead atoms. The quantitative estimate of drug-likeness (QED) is 0.356. The van der Waals surface area contributed by atoms with E-state index in [4.69, 9.17) is 5.84 Å². The molecule has 0 aromatic rings. The lowest BCUT2D eigenvalue weighted by molar-refractivity contribution is -0.126. The molecule has 3 N–H and O–H groups in total. The Kier molecular flexibility index (Phi) is 2.87. The summed E-state index contributed by atoms with van der Waals surface area (Å²) in [5, 5.41) is 6.06. The van der Waals surface area contributed by atoms with E-state index >= 15 is 0 Å². The van der Waals surface area contributed by atoms with Crippen LogP contribution >= 0.6 is 0 Å². The first-order valence-corrected chi connectivity index (χ1v) is 4.39. The number of hydrogen-bond donors (Lipinski definition) is 2. The van der Waals surface area contributed by atoms with Gasteiger partial charge in [0.2, 0.25) is 0 Å². The Hall–Kier alpha value is -1.10. The fourth-order valence-corrected chi connectivity index (χ4v) is 1.57. The van der Waals surface area contributed by atoms with Gasteiger partial charge < -0.3 is 0 Å². The van der Waals surface area contributed by atoms with Gasteiger partial charge in [0.25, 0.3) is 5.91 Å². The van der Waals surface area contributed by atoms with E-state index in [1.807, 2.05) is 13.8 Å². The van der Waals surface area contributed by atoms with Crippen LogP contribution in [-0.2, 0) is 4.79 Å². The second-order valence-electron chi connectivity index (χ2n) is 3.45. The summed E-state index contributed by atoms with van der Waals surface area (Å²) in [5.41, 5.74) is 3.19. The van der Waals surface area contributed by atoms with Crippen molar-refractivity contribution in [3.63, 3.8) is 0 Å². The fourth-order valence-electron chi connectivity index (χ4n) is 1.57. The third-order valence-electron chi connectivity index (χ3n) is 2.25. The number of nitrogens with one attached hydrogen (secondary N) is 1. The maximum absolute atomic E-state index is 11.2. The van der Waals surface area contributed by atoms with Gasteiger partial charge in [-0.1, -0.05) is 0 Å². The predicted octanol–water partition coefficient (Wildman–Crippen LogP) is -0.165. The van der Waals surface area contributed by atoms with E-state index in [-0.39, 0.29) is 18.0 Å². The Bertz CT molecular complexity index is 238. The molecule has 0 spiro atoms. The Morgan fingerprint density at radius 1 is 1.85 bits per heavy atom. The van der Waals surface area contributed by atoms with Crippen molar-refractivity contribution in [3.05, 3.63) is 0 Å². The van der Waals surface area contributed by atoms with Gasteiger partial charge in [-0.15, -0.1) is 0 Å². The van der Waals surface area contributed by atoms with Gasteiger partial charge in [-0.05, 0) is 20.8 Å². The number of amides is 1. The molecule has 1 aliphatic heterocycles. The van der Waals surface area contributed by atoms with Crippen molar-refractivity contribution >= 4 is 11.6 Å². The molecule has 0 aromatic heterocycles. The molecule has 0 saturated carbocycles. The van der Waals surface area contributed by atoms with Gasteiger partial charge in [0, 0.05) is 12.1 Å². The summed E-state index contributed by atoms with van der Waals surface area (Å²) in [6.45, 7) is 5.80. The van der Waals surface area contributed by atoms with Crippen LogP contribution in [0, 0.1) is 0 Å². The molecule has 74 valence electrons. The maximum Gasteiger partial charge on any atom is 0.258 e. The molecule has 2 atom stereocenters. The van der Waals surface area contributed by atoms with Gasteiger partial charge in [-0.2, -0.15) is 5.10 Å². The molecule has 1 aliphatic rings. The summed E-state index contributed by atoms with van der Waals surface area (Å²) in [6, 6.07) is -0.00949. The van der Waals surface area contributed by atoms with Crippen molar-refractivity contribution in [2.45, 2.75) is 39.3 Å². The molecular formula is C8H16N4O. The number of carbonyl (C=O) groups is 1. The Morgan fingerprint density at radius 2 is 2.46 bits per heavy atom. The lowest BCUT2D eigenvalue weighted by Gasteiger charge is -2.25. The molecule has 1 amide bonds. The first kappa shape index (κ1) is 9.98. The summed E-state index contributed by atoms with van der Waals surface area (Å²) >= 11 is 0. The molecule has 0 saturated heterocycles. The number of nitrogens with two attached hydrogens (primary N) is 1. The van der Waals surface area contributed by atoms with E-state index < -0.39 is 0 Å². The molecule has 0 radical (unpaired) electrons. The first-order valence-electron chi connectivity index (χ1n) is 4.39. The molecule has 1 heterocycles. The van der Waals surface area contributed by atoms with Crippen LogP contribution in [0.5, 0.6) is 0 Å². The van der Waals surface area contributed by atoms with Gasteiger partial charge >= 0.3 is 0 Å². The van der Waals surface area contributed by atoms with Crippen LogP contribution in [0.3, 0.4) is 0 Å². The van der Waals surface area contributed by atoms with E-state index in [0.29, 0.717) is 0 Å². The molecule has 0 aromatic carbocycles. The van der Waals surface area contributed by atoms with Crippen molar-refractivity contribution < 1.29 is 4.79 Å². The highest BCUT2D eigenvalue weighted by Gasteiger charge is 2.28. The molecule has 13 heavy (non-hydrogen) atoms. The van der Waals surface area contributed by atoms with Gasteiger partial charge in [0.1, 0.15) is 6.04 Å². The molecule has 5 heteroatoms. The molecule has 0 fully saturated rings. The van der Waals surface area contributed by atoms with Crippen LogP contribution in [0.1, 0.15) is 27.2 Å². The second kappa shape index (κ2) is 3.74. The Labute approximate surface area is 77.9 Å². The summed E-state index contributed by atoms with van der Waals surface area (Å²) in [4.78, 5) is 11.2. The van der Waals surface area contributed by atoms with Gasteiger partial charge in [-0.3, -0.25) is 15.2 Å². The van der Waals surface area contributed by atoms with Gasteiger partial charge in [-0.25, -0.2) is 5.84 Å². The summed E-state index contributed by atoms with van der Waals surface area (Å²) in [6.07, 6.45) is 0.919. The van der Waals surface area contributed by atoms with E-state index in [0.717, 1.165) is 12.1 Å². The van der Waals surface area contributed by atoms with E-state index in [1.165, 1.54) is 0 Å². The average Bonchev–Trinajstić information content (AvgIpc) is 2.42. The average molecular weight is 184 g/mol. The van der Waals surface area contributed by atoms with Crippen molar-refractivity contribution in [3.8, 4) is 0 Å². The predicted molar refractivity (Wildman–Crippen MR) is 50.8 cm³/mol.